The lowest BCUT2D eigenvalue weighted by molar-refractivity contribution is -0.143. The highest BCUT2D eigenvalue weighted by atomic mass is 32.2. The van der Waals surface area contributed by atoms with E-state index in [1.54, 1.807) is 18.4 Å². The highest BCUT2D eigenvalue weighted by molar-refractivity contribution is 7.89. The summed E-state index contributed by atoms with van der Waals surface area (Å²) < 4.78 is 32.7. The van der Waals surface area contributed by atoms with Crippen LogP contribution < -0.4 is 4.72 Å². The molecule has 1 rings (SSSR count). The van der Waals surface area contributed by atoms with Crippen LogP contribution >= 0.6 is 0 Å². The van der Waals surface area contributed by atoms with E-state index in [1.807, 2.05) is 6.92 Å². The molecule has 0 saturated carbocycles. The molecule has 0 fully saturated rings. The Morgan fingerprint density at radius 1 is 1.53 bits per heavy atom. The second-order valence-electron chi connectivity index (χ2n) is 4.41. The molecule has 1 aromatic heterocycles. The van der Waals surface area contributed by atoms with Gasteiger partial charge in [-0.3, -0.25) is 4.79 Å². The molecule has 0 bridgehead atoms. The molecule has 0 radical (unpaired) electrons. The second kappa shape index (κ2) is 6.16. The lowest BCUT2D eigenvalue weighted by Gasteiger charge is -2.18. The molecule has 0 aliphatic heterocycles. The largest absolute Gasteiger partial charge is 0.468 e. The van der Waals surface area contributed by atoms with Crippen LogP contribution in [0, 0.1) is 5.92 Å². The number of carbonyl (C=O) groups is 1. The molecule has 0 saturated heterocycles. The van der Waals surface area contributed by atoms with Crippen molar-refractivity contribution in [2.75, 3.05) is 7.11 Å². The molecule has 0 amide bonds. The van der Waals surface area contributed by atoms with E-state index < -0.39 is 22.0 Å². The highest BCUT2D eigenvalue weighted by Gasteiger charge is 2.30. The standard InChI is InChI=1S/C11H19N3O4S/c1-5-14-6-9(12-7-14)19(16,17)13-10(8(2)3)11(15)18-4/h6-8,10,13H,5H2,1-4H3. The molecule has 1 heterocycles. The van der Waals surface area contributed by atoms with Gasteiger partial charge in [0.2, 0.25) is 0 Å². The number of aryl methyl sites for hydroxylation is 1. The lowest BCUT2D eigenvalue weighted by Crippen LogP contribution is -2.45. The van der Waals surface area contributed by atoms with Crippen LogP contribution in [0.2, 0.25) is 0 Å². The molecule has 8 heteroatoms. The molecule has 19 heavy (non-hydrogen) atoms. The van der Waals surface area contributed by atoms with Crippen LogP contribution in [0.4, 0.5) is 0 Å². The summed E-state index contributed by atoms with van der Waals surface area (Å²) in [5, 5.41) is -0.107. The van der Waals surface area contributed by atoms with Crippen molar-refractivity contribution in [3.05, 3.63) is 12.5 Å². The van der Waals surface area contributed by atoms with Gasteiger partial charge in [-0.2, -0.15) is 4.72 Å². The first-order valence-electron chi connectivity index (χ1n) is 5.93. The Balaban J connectivity index is 2.97. The number of ether oxygens (including phenoxy) is 1. The van der Waals surface area contributed by atoms with Crippen LogP contribution in [0.5, 0.6) is 0 Å². The van der Waals surface area contributed by atoms with E-state index in [9.17, 15) is 13.2 Å². The summed E-state index contributed by atoms with van der Waals surface area (Å²) in [5.41, 5.74) is 0. The fraction of sp³-hybridized carbons (Fsp3) is 0.636. The number of hydrogen-bond acceptors (Lipinski definition) is 5. The van der Waals surface area contributed by atoms with Gasteiger partial charge in [0, 0.05) is 12.7 Å². The van der Waals surface area contributed by atoms with Crippen LogP contribution in [-0.4, -0.2) is 37.1 Å². The smallest absolute Gasteiger partial charge is 0.324 e. The first kappa shape index (κ1) is 15.6. The zero-order valence-electron chi connectivity index (χ0n) is 11.5. The molecule has 0 aromatic carbocycles. The minimum Gasteiger partial charge on any atom is -0.468 e. The number of rotatable bonds is 6. The summed E-state index contributed by atoms with van der Waals surface area (Å²) >= 11 is 0. The number of imidazole rings is 1. The molecule has 1 unspecified atom stereocenters. The molecule has 0 aliphatic rings. The molecular formula is C11H19N3O4S. The van der Waals surface area contributed by atoms with Crippen LogP contribution in [0.25, 0.3) is 0 Å². The number of aromatic nitrogens is 2. The summed E-state index contributed by atoms with van der Waals surface area (Å²) in [6.07, 6.45) is 2.84. The fourth-order valence-corrected chi connectivity index (χ4v) is 2.75. The number of nitrogens with one attached hydrogen (secondary N) is 1. The van der Waals surface area contributed by atoms with E-state index in [0.29, 0.717) is 6.54 Å². The summed E-state index contributed by atoms with van der Waals surface area (Å²) in [6.45, 7) is 5.95. The van der Waals surface area contributed by atoms with Crippen molar-refractivity contribution >= 4 is 16.0 Å². The third-order valence-corrected chi connectivity index (χ3v) is 3.98. The number of sulfonamides is 1. The molecule has 0 spiro atoms. The summed E-state index contributed by atoms with van der Waals surface area (Å²) in [5.74, 6) is -0.844. The Labute approximate surface area is 113 Å². The number of nitrogens with zero attached hydrogens (tertiary/aromatic N) is 2. The topological polar surface area (TPSA) is 90.3 Å². The molecule has 1 aromatic rings. The minimum absolute atomic E-state index is 0.107. The molecule has 1 N–H and O–H groups in total. The summed E-state index contributed by atoms with van der Waals surface area (Å²) in [7, 11) is -2.61. The maximum Gasteiger partial charge on any atom is 0.324 e. The van der Waals surface area contributed by atoms with Gasteiger partial charge in [0.15, 0.2) is 5.03 Å². The quantitative estimate of drug-likeness (QED) is 0.765. The van der Waals surface area contributed by atoms with Crippen molar-refractivity contribution in [2.24, 2.45) is 5.92 Å². The van der Waals surface area contributed by atoms with Gasteiger partial charge in [-0.25, -0.2) is 13.4 Å². The van der Waals surface area contributed by atoms with E-state index in [-0.39, 0.29) is 10.9 Å². The lowest BCUT2D eigenvalue weighted by atomic mass is 10.1. The molecule has 0 aliphatic carbocycles. The van der Waals surface area contributed by atoms with Gasteiger partial charge < -0.3 is 9.30 Å². The van der Waals surface area contributed by atoms with E-state index in [0.717, 1.165) is 0 Å². The van der Waals surface area contributed by atoms with E-state index in [1.165, 1.54) is 19.6 Å². The predicted octanol–water partition coefficient (Wildman–Crippen LogP) is 0.379. The van der Waals surface area contributed by atoms with E-state index in [4.69, 9.17) is 0 Å². The fourth-order valence-electron chi connectivity index (χ4n) is 1.46. The van der Waals surface area contributed by atoms with E-state index in [2.05, 4.69) is 14.4 Å². The predicted molar refractivity (Wildman–Crippen MR) is 68.9 cm³/mol. The Hall–Kier alpha value is -1.41. The number of methoxy groups -OCH3 is 1. The van der Waals surface area contributed by atoms with Crippen LogP contribution in [0.3, 0.4) is 0 Å². The van der Waals surface area contributed by atoms with Crippen LogP contribution in [0.1, 0.15) is 20.8 Å². The van der Waals surface area contributed by atoms with Crippen molar-refractivity contribution < 1.29 is 17.9 Å². The number of esters is 1. The van der Waals surface area contributed by atoms with Crippen LogP contribution in [-0.2, 0) is 26.1 Å². The molecular weight excluding hydrogens is 270 g/mol. The average Bonchev–Trinajstić information content (AvgIpc) is 2.84. The van der Waals surface area contributed by atoms with Crippen LogP contribution in [0.15, 0.2) is 17.6 Å². The van der Waals surface area contributed by atoms with Gasteiger partial charge in [0.25, 0.3) is 10.0 Å². The SMILES string of the molecule is CCn1cnc(S(=O)(=O)NC(C(=O)OC)C(C)C)c1. The maximum atomic E-state index is 12.1. The number of carbonyl (C=O) groups excluding carboxylic acids is 1. The van der Waals surface area contributed by atoms with Gasteiger partial charge >= 0.3 is 5.97 Å². The monoisotopic (exact) mass is 289 g/mol. The first-order valence-corrected chi connectivity index (χ1v) is 7.42. The number of hydrogen-bond donors (Lipinski definition) is 1. The van der Waals surface area contributed by atoms with Crippen molar-refractivity contribution in [2.45, 2.75) is 38.4 Å². The van der Waals surface area contributed by atoms with Crippen molar-refractivity contribution in [3.63, 3.8) is 0 Å². The zero-order valence-corrected chi connectivity index (χ0v) is 12.3. The van der Waals surface area contributed by atoms with Gasteiger partial charge in [-0.1, -0.05) is 13.8 Å². The second-order valence-corrected chi connectivity index (χ2v) is 6.07. The third-order valence-electron chi connectivity index (χ3n) is 2.65. The Kier molecular flexibility index (Phi) is 5.07. The third kappa shape index (κ3) is 3.77. The Morgan fingerprint density at radius 2 is 2.16 bits per heavy atom. The van der Waals surface area contributed by atoms with Gasteiger partial charge in [-0.15, -0.1) is 0 Å². The normalized spacial score (nSPS) is 13.5. The molecule has 1 atom stereocenters. The molecule has 7 nitrogen and oxygen atoms in total. The average molecular weight is 289 g/mol. The molecule has 108 valence electrons. The van der Waals surface area contributed by atoms with Gasteiger partial charge in [0.1, 0.15) is 6.04 Å². The minimum atomic E-state index is -3.83. The summed E-state index contributed by atoms with van der Waals surface area (Å²) in [4.78, 5) is 15.4. The van der Waals surface area contributed by atoms with Crippen molar-refractivity contribution in [1.29, 1.82) is 0 Å². The first-order chi connectivity index (χ1) is 8.81. The Morgan fingerprint density at radius 3 is 2.58 bits per heavy atom. The maximum absolute atomic E-state index is 12.1. The Bertz CT molecular complexity index is 536. The summed E-state index contributed by atoms with van der Waals surface area (Å²) in [6, 6.07) is -0.929. The van der Waals surface area contributed by atoms with Gasteiger partial charge in [-0.05, 0) is 12.8 Å². The zero-order chi connectivity index (χ0) is 14.6. The van der Waals surface area contributed by atoms with Gasteiger partial charge in [0.05, 0.1) is 13.4 Å². The van der Waals surface area contributed by atoms with Crippen molar-refractivity contribution in [1.82, 2.24) is 14.3 Å². The highest BCUT2D eigenvalue weighted by Crippen LogP contribution is 2.10. The van der Waals surface area contributed by atoms with E-state index >= 15 is 0 Å². The van der Waals surface area contributed by atoms with Crippen molar-refractivity contribution in [3.8, 4) is 0 Å².